The lowest BCUT2D eigenvalue weighted by Gasteiger charge is -2.40. The van der Waals surface area contributed by atoms with Crippen molar-refractivity contribution in [1.29, 1.82) is 0 Å². The summed E-state index contributed by atoms with van der Waals surface area (Å²) in [4.78, 5) is 5.03. The Bertz CT molecular complexity index is 409. The molecule has 2 aliphatic rings. The Hall–Kier alpha value is -1.10. The molecule has 2 aliphatic heterocycles. The van der Waals surface area contributed by atoms with Gasteiger partial charge in [-0.3, -0.25) is 4.90 Å². The molecule has 0 spiro atoms. The molecule has 0 bridgehead atoms. The summed E-state index contributed by atoms with van der Waals surface area (Å²) in [5, 5.41) is 0. The molecule has 2 N–H and O–H groups in total. The second-order valence-corrected chi connectivity index (χ2v) is 6.11. The highest BCUT2D eigenvalue weighted by molar-refractivity contribution is 5.46. The number of hydrogen-bond acceptors (Lipinski definition) is 4. The summed E-state index contributed by atoms with van der Waals surface area (Å²) in [6.45, 7) is 7.99. The zero-order chi connectivity index (χ0) is 13.8. The van der Waals surface area contributed by atoms with Gasteiger partial charge in [-0.05, 0) is 18.6 Å². The highest BCUT2D eigenvalue weighted by atomic mass is 16.5. The van der Waals surface area contributed by atoms with Crippen molar-refractivity contribution in [2.75, 3.05) is 57.4 Å². The van der Waals surface area contributed by atoms with Crippen molar-refractivity contribution in [2.24, 2.45) is 11.1 Å². The molecule has 20 heavy (non-hydrogen) atoms. The Morgan fingerprint density at radius 1 is 1.10 bits per heavy atom. The maximum Gasteiger partial charge on any atom is 0.0547 e. The number of nitrogens with zero attached hydrogens (tertiary/aromatic N) is 2. The average Bonchev–Trinajstić information content (AvgIpc) is 2.98. The van der Waals surface area contributed by atoms with Gasteiger partial charge in [0.05, 0.1) is 6.61 Å². The predicted molar refractivity (Wildman–Crippen MR) is 82.0 cm³/mol. The van der Waals surface area contributed by atoms with E-state index >= 15 is 0 Å². The fourth-order valence-electron chi connectivity index (χ4n) is 3.28. The minimum absolute atomic E-state index is 0.203. The molecule has 110 valence electrons. The van der Waals surface area contributed by atoms with Crippen molar-refractivity contribution in [1.82, 2.24) is 4.90 Å². The van der Waals surface area contributed by atoms with E-state index in [0.29, 0.717) is 0 Å². The van der Waals surface area contributed by atoms with Crippen molar-refractivity contribution in [3.63, 3.8) is 0 Å². The number of anilines is 1. The van der Waals surface area contributed by atoms with Crippen LogP contribution in [0.3, 0.4) is 0 Å². The van der Waals surface area contributed by atoms with Gasteiger partial charge in [0.1, 0.15) is 0 Å². The maximum absolute atomic E-state index is 5.99. The van der Waals surface area contributed by atoms with Crippen LogP contribution in [-0.4, -0.2) is 57.4 Å². The molecule has 0 aromatic heterocycles. The topological polar surface area (TPSA) is 41.7 Å². The minimum atomic E-state index is 0.203. The zero-order valence-corrected chi connectivity index (χ0v) is 12.1. The molecule has 0 radical (unpaired) electrons. The molecule has 4 heteroatoms. The van der Waals surface area contributed by atoms with E-state index in [1.54, 1.807) is 0 Å². The van der Waals surface area contributed by atoms with E-state index in [1.165, 1.54) is 5.69 Å². The number of ether oxygens (including phenoxy) is 1. The van der Waals surface area contributed by atoms with Crippen molar-refractivity contribution in [3.8, 4) is 0 Å². The SMILES string of the molecule is NCC1(CN2CCN(c3ccccc3)CC2)CCOC1. The molecule has 1 atom stereocenters. The van der Waals surface area contributed by atoms with Crippen LogP contribution in [0.15, 0.2) is 30.3 Å². The molecule has 0 amide bonds. The van der Waals surface area contributed by atoms with Crippen LogP contribution in [0.2, 0.25) is 0 Å². The molecule has 3 rings (SSSR count). The second-order valence-electron chi connectivity index (χ2n) is 6.11. The normalized spacial score (nSPS) is 27.9. The number of benzene rings is 1. The Labute approximate surface area is 121 Å². The second kappa shape index (κ2) is 6.12. The third-order valence-corrected chi connectivity index (χ3v) is 4.67. The van der Waals surface area contributed by atoms with Crippen LogP contribution in [-0.2, 0) is 4.74 Å². The van der Waals surface area contributed by atoms with Crippen LogP contribution in [0.5, 0.6) is 0 Å². The van der Waals surface area contributed by atoms with Gasteiger partial charge >= 0.3 is 0 Å². The highest BCUT2D eigenvalue weighted by Gasteiger charge is 2.36. The molecule has 0 aliphatic carbocycles. The van der Waals surface area contributed by atoms with E-state index < -0.39 is 0 Å². The number of para-hydroxylation sites is 1. The van der Waals surface area contributed by atoms with Gasteiger partial charge in [-0.15, -0.1) is 0 Å². The number of nitrogens with two attached hydrogens (primary N) is 1. The van der Waals surface area contributed by atoms with Crippen molar-refractivity contribution >= 4 is 5.69 Å². The Balaban J connectivity index is 1.54. The summed E-state index contributed by atoms with van der Waals surface area (Å²) in [5.41, 5.74) is 7.53. The smallest absolute Gasteiger partial charge is 0.0547 e. The van der Waals surface area contributed by atoms with Gasteiger partial charge < -0.3 is 15.4 Å². The summed E-state index contributed by atoms with van der Waals surface area (Å²) in [6, 6.07) is 10.7. The molecule has 0 saturated carbocycles. The van der Waals surface area contributed by atoms with Gasteiger partial charge in [0.15, 0.2) is 0 Å². The van der Waals surface area contributed by atoms with E-state index in [2.05, 4.69) is 40.1 Å². The van der Waals surface area contributed by atoms with Gasteiger partial charge in [-0.1, -0.05) is 18.2 Å². The number of hydrogen-bond donors (Lipinski definition) is 1. The summed E-state index contributed by atoms with van der Waals surface area (Å²) < 4.78 is 5.57. The standard InChI is InChI=1S/C16H25N3O/c17-12-16(6-11-20-14-16)13-18-7-9-19(10-8-18)15-4-2-1-3-5-15/h1-5H,6-14,17H2. The quantitative estimate of drug-likeness (QED) is 0.896. The van der Waals surface area contributed by atoms with E-state index in [-0.39, 0.29) is 5.41 Å². The van der Waals surface area contributed by atoms with Crippen LogP contribution < -0.4 is 10.6 Å². The Morgan fingerprint density at radius 2 is 1.85 bits per heavy atom. The third-order valence-electron chi connectivity index (χ3n) is 4.67. The highest BCUT2D eigenvalue weighted by Crippen LogP contribution is 2.29. The summed E-state index contributed by atoms with van der Waals surface area (Å²) in [7, 11) is 0. The van der Waals surface area contributed by atoms with Crippen molar-refractivity contribution < 1.29 is 4.74 Å². The average molecular weight is 275 g/mol. The summed E-state index contributed by atoms with van der Waals surface area (Å²) in [5.74, 6) is 0. The van der Waals surface area contributed by atoms with Crippen LogP contribution in [0, 0.1) is 5.41 Å². The van der Waals surface area contributed by atoms with E-state index in [1.807, 2.05) is 0 Å². The lowest BCUT2D eigenvalue weighted by Crippen LogP contribution is -2.51. The first-order chi connectivity index (χ1) is 9.81. The van der Waals surface area contributed by atoms with Gasteiger partial charge in [-0.2, -0.15) is 0 Å². The molecule has 1 aromatic carbocycles. The Morgan fingerprint density at radius 3 is 2.45 bits per heavy atom. The van der Waals surface area contributed by atoms with Crippen molar-refractivity contribution in [2.45, 2.75) is 6.42 Å². The van der Waals surface area contributed by atoms with Crippen LogP contribution in [0.1, 0.15) is 6.42 Å². The largest absolute Gasteiger partial charge is 0.381 e. The van der Waals surface area contributed by atoms with Crippen LogP contribution in [0.25, 0.3) is 0 Å². The number of piperazine rings is 1. The first kappa shape index (κ1) is 13.9. The molecular formula is C16H25N3O. The maximum atomic E-state index is 5.99. The van der Waals surface area contributed by atoms with E-state index in [4.69, 9.17) is 10.5 Å². The minimum Gasteiger partial charge on any atom is -0.381 e. The van der Waals surface area contributed by atoms with E-state index in [0.717, 1.165) is 58.9 Å². The molecule has 2 fully saturated rings. The first-order valence-corrected chi connectivity index (χ1v) is 7.62. The van der Waals surface area contributed by atoms with E-state index in [9.17, 15) is 0 Å². The first-order valence-electron chi connectivity index (χ1n) is 7.62. The lowest BCUT2D eigenvalue weighted by atomic mass is 9.86. The molecule has 1 unspecified atom stereocenters. The molecule has 2 heterocycles. The summed E-state index contributed by atoms with van der Waals surface area (Å²) >= 11 is 0. The van der Waals surface area contributed by atoms with Gasteiger partial charge in [-0.25, -0.2) is 0 Å². The van der Waals surface area contributed by atoms with Crippen LogP contribution >= 0.6 is 0 Å². The van der Waals surface area contributed by atoms with Gasteiger partial charge in [0.25, 0.3) is 0 Å². The molecule has 1 aromatic rings. The van der Waals surface area contributed by atoms with Gasteiger partial charge in [0.2, 0.25) is 0 Å². The lowest BCUT2D eigenvalue weighted by molar-refractivity contribution is 0.111. The predicted octanol–water partition coefficient (Wildman–Crippen LogP) is 1.17. The molecule has 4 nitrogen and oxygen atoms in total. The summed E-state index contributed by atoms with van der Waals surface area (Å²) in [6.07, 6.45) is 1.11. The molecule has 2 saturated heterocycles. The fraction of sp³-hybridized carbons (Fsp3) is 0.625. The van der Waals surface area contributed by atoms with Crippen LogP contribution in [0.4, 0.5) is 5.69 Å². The number of rotatable bonds is 4. The van der Waals surface area contributed by atoms with Gasteiger partial charge in [0, 0.05) is 57.0 Å². The Kier molecular flexibility index (Phi) is 4.24. The fourth-order valence-corrected chi connectivity index (χ4v) is 3.28. The monoisotopic (exact) mass is 275 g/mol. The van der Waals surface area contributed by atoms with Crippen molar-refractivity contribution in [3.05, 3.63) is 30.3 Å². The third kappa shape index (κ3) is 2.97. The zero-order valence-electron chi connectivity index (χ0n) is 12.1. The molecular weight excluding hydrogens is 250 g/mol.